The van der Waals surface area contributed by atoms with Gasteiger partial charge in [-0.05, 0) is 25.7 Å². The highest BCUT2D eigenvalue weighted by Gasteiger charge is 2.42. The van der Waals surface area contributed by atoms with Crippen molar-refractivity contribution in [1.82, 2.24) is 16.0 Å². The molecule has 0 aromatic heterocycles. The molecular weight excluding hydrogens is 326 g/mol. The van der Waals surface area contributed by atoms with Crippen LogP contribution < -0.4 is 16.0 Å². The van der Waals surface area contributed by atoms with Crippen molar-refractivity contribution in [1.29, 1.82) is 0 Å². The van der Waals surface area contributed by atoms with Gasteiger partial charge in [0.1, 0.15) is 0 Å². The largest absolute Gasteiger partial charge is 0.385 e. The molecule has 2 saturated heterocycles. The Morgan fingerprint density at radius 1 is 1.21 bits per heavy atom. The van der Waals surface area contributed by atoms with Crippen LogP contribution in [0.4, 0.5) is 4.79 Å². The summed E-state index contributed by atoms with van der Waals surface area (Å²) in [5.41, 5.74) is 0. The second kappa shape index (κ2) is 10.8. The van der Waals surface area contributed by atoms with Gasteiger partial charge >= 0.3 is 6.03 Å². The van der Waals surface area contributed by atoms with Crippen molar-refractivity contribution in [2.75, 3.05) is 26.0 Å². The van der Waals surface area contributed by atoms with E-state index < -0.39 is 0 Å². The summed E-state index contributed by atoms with van der Waals surface area (Å²) in [5.74, 6) is 1.17. The van der Waals surface area contributed by atoms with Crippen molar-refractivity contribution in [3.05, 3.63) is 0 Å². The Hall–Kier alpha value is -0.950. The van der Waals surface area contributed by atoms with E-state index in [2.05, 4.69) is 16.0 Å². The Labute approximate surface area is 149 Å². The van der Waals surface area contributed by atoms with Crippen molar-refractivity contribution in [2.45, 2.75) is 68.7 Å². The number of urea groups is 1. The number of fused-ring (bicyclic) bond motifs is 1. The molecule has 6 nitrogen and oxygen atoms in total. The molecule has 0 aromatic rings. The first-order valence-corrected chi connectivity index (χ1v) is 10.2. The van der Waals surface area contributed by atoms with Gasteiger partial charge < -0.3 is 20.7 Å². The van der Waals surface area contributed by atoms with Crippen LogP contribution in [0.5, 0.6) is 0 Å². The third-order valence-electron chi connectivity index (χ3n) is 4.68. The lowest BCUT2D eigenvalue weighted by Crippen LogP contribution is -2.36. The summed E-state index contributed by atoms with van der Waals surface area (Å²) in [5, 5.41) is 9.46. The number of unbranched alkanes of at least 4 members (excludes halogenated alkanes) is 4. The van der Waals surface area contributed by atoms with Gasteiger partial charge in [0, 0.05) is 37.7 Å². The van der Waals surface area contributed by atoms with Crippen LogP contribution in [0.15, 0.2) is 0 Å². The van der Waals surface area contributed by atoms with Crippen molar-refractivity contribution in [3.63, 3.8) is 0 Å². The smallest absolute Gasteiger partial charge is 0.315 e. The summed E-state index contributed by atoms with van der Waals surface area (Å²) in [6.07, 6.45) is 8.10. The molecule has 24 heavy (non-hydrogen) atoms. The number of ether oxygens (including phenoxy) is 1. The van der Waals surface area contributed by atoms with E-state index in [1.165, 1.54) is 0 Å². The van der Waals surface area contributed by atoms with Gasteiger partial charge in [0.2, 0.25) is 5.91 Å². The Kier molecular flexibility index (Phi) is 8.74. The van der Waals surface area contributed by atoms with Gasteiger partial charge in [0.05, 0.1) is 12.1 Å². The van der Waals surface area contributed by atoms with Gasteiger partial charge in [-0.15, -0.1) is 0 Å². The maximum absolute atomic E-state index is 11.8. The van der Waals surface area contributed by atoms with E-state index in [0.717, 1.165) is 63.9 Å². The minimum Gasteiger partial charge on any atom is -0.385 e. The van der Waals surface area contributed by atoms with Gasteiger partial charge in [0.15, 0.2) is 0 Å². The second-order valence-electron chi connectivity index (χ2n) is 6.62. The Morgan fingerprint density at radius 3 is 2.88 bits per heavy atom. The van der Waals surface area contributed by atoms with Crippen LogP contribution in [0.3, 0.4) is 0 Å². The summed E-state index contributed by atoms with van der Waals surface area (Å²) in [6.45, 7) is 1.61. The first-order chi connectivity index (χ1) is 11.7. The summed E-state index contributed by atoms with van der Waals surface area (Å²) in [4.78, 5) is 23.1. The minimum atomic E-state index is -0.0307. The zero-order valence-electron chi connectivity index (χ0n) is 14.6. The zero-order valence-corrected chi connectivity index (χ0v) is 15.5. The van der Waals surface area contributed by atoms with Crippen molar-refractivity contribution >= 4 is 23.7 Å². The van der Waals surface area contributed by atoms with Crippen molar-refractivity contribution in [2.24, 2.45) is 0 Å². The number of amides is 3. The van der Waals surface area contributed by atoms with Crippen LogP contribution in [0, 0.1) is 0 Å². The van der Waals surface area contributed by atoms with Gasteiger partial charge in [-0.3, -0.25) is 4.79 Å². The molecule has 3 N–H and O–H groups in total. The first-order valence-electron chi connectivity index (χ1n) is 9.15. The highest BCUT2D eigenvalue weighted by Crippen LogP contribution is 2.33. The van der Waals surface area contributed by atoms with Crippen molar-refractivity contribution in [3.8, 4) is 0 Å². The fourth-order valence-corrected chi connectivity index (χ4v) is 4.86. The normalized spacial score (nSPS) is 25.2. The molecule has 3 amide bonds. The molecule has 0 spiro atoms. The number of hydrogen-bond donors (Lipinski definition) is 3. The molecule has 3 atom stereocenters. The Bertz CT molecular complexity index is 409. The molecule has 0 aromatic carbocycles. The molecule has 0 saturated carbocycles. The SMILES string of the molecule is COCCCCCCNC(=O)CCCC[C@@H]1SC[C@@H]2NC(=O)N[C@@H]21. The topological polar surface area (TPSA) is 79.5 Å². The van der Waals surface area contributed by atoms with E-state index >= 15 is 0 Å². The van der Waals surface area contributed by atoms with Crippen LogP contribution in [0.2, 0.25) is 0 Å². The van der Waals surface area contributed by atoms with Gasteiger partial charge in [-0.2, -0.15) is 11.8 Å². The van der Waals surface area contributed by atoms with Gasteiger partial charge in [-0.25, -0.2) is 4.79 Å². The lowest BCUT2D eigenvalue weighted by atomic mass is 10.0. The van der Waals surface area contributed by atoms with Crippen LogP contribution in [-0.4, -0.2) is 55.3 Å². The lowest BCUT2D eigenvalue weighted by Gasteiger charge is -2.16. The molecule has 138 valence electrons. The Morgan fingerprint density at radius 2 is 2.04 bits per heavy atom. The Balaban J connectivity index is 1.43. The number of hydrogen-bond acceptors (Lipinski definition) is 4. The molecule has 2 heterocycles. The van der Waals surface area contributed by atoms with Crippen LogP contribution in [-0.2, 0) is 9.53 Å². The second-order valence-corrected chi connectivity index (χ2v) is 7.90. The lowest BCUT2D eigenvalue weighted by molar-refractivity contribution is -0.121. The maximum Gasteiger partial charge on any atom is 0.315 e. The van der Waals surface area contributed by atoms with E-state index in [1.54, 1.807) is 7.11 Å². The summed E-state index contributed by atoms with van der Waals surface area (Å²) >= 11 is 1.93. The molecule has 2 rings (SSSR count). The first kappa shape index (κ1) is 19.4. The number of carbonyl (C=O) groups is 2. The summed E-state index contributed by atoms with van der Waals surface area (Å²) < 4.78 is 5.01. The van der Waals surface area contributed by atoms with E-state index in [1.807, 2.05) is 11.8 Å². The molecule has 2 aliphatic rings. The fraction of sp³-hybridized carbons (Fsp3) is 0.882. The molecule has 2 aliphatic heterocycles. The van der Waals surface area contributed by atoms with E-state index in [0.29, 0.717) is 17.7 Å². The highest BCUT2D eigenvalue weighted by atomic mass is 32.2. The average molecular weight is 358 g/mol. The van der Waals surface area contributed by atoms with E-state index in [4.69, 9.17) is 4.74 Å². The van der Waals surface area contributed by atoms with Crippen molar-refractivity contribution < 1.29 is 14.3 Å². The third kappa shape index (κ3) is 6.51. The molecule has 2 fully saturated rings. The number of carbonyl (C=O) groups excluding carboxylic acids is 2. The number of methoxy groups -OCH3 is 1. The van der Waals surface area contributed by atoms with Gasteiger partial charge in [-0.1, -0.05) is 19.3 Å². The van der Waals surface area contributed by atoms with Crippen LogP contribution >= 0.6 is 11.8 Å². The number of rotatable bonds is 12. The average Bonchev–Trinajstić information content (AvgIpc) is 3.10. The quantitative estimate of drug-likeness (QED) is 0.369. The molecule has 0 bridgehead atoms. The maximum atomic E-state index is 11.8. The monoisotopic (exact) mass is 357 g/mol. The fourth-order valence-electron chi connectivity index (χ4n) is 3.32. The van der Waals surface area contributed by atoms with Crippen LogP contribution in [0.1, 0.15) is 51.4 Å². The number of nitrogens with one attached hydrogen (secondary N) is 3. The summed E-state index contributed by atoms with van der Waals surface area (Å²) in [6, 6.07) is 0.533. The van der Waals surface area contributed by atoms with E-state index in [-0.39, 0.29) is 18.0 Å². The van der Waals surface area contributed by atoms with E-state index in [9.17, 15) is 9.59 Å². The zero-order chi connectivity index (χ0) is 17.2. The molecule has 0 unspecified atom stereocenters. The number of thioether (sulfide) groups is 1. The standard InChI is InChI=1S/C17H31N3O3S/c1-23-11-7-3-2-6-10-18-15(21)9-5-4-8-14-16-13(12-24-14)19-17(22)20-16/h13-14,16H,2-12H2,1H3,(H,18,21)(H2,19,20,22)/t13-,14-,16-/m0/s1. The molecule has 7 heteroatoms. The molecule has 0 radical (unpaired) electrons. The predicted octanol–water partition coefficient (Wildman–Crippen LogP) is 2.04. The predicted molar refractivity (Wildman–Crippen MR) is 97.3 cm³/mol. The van der Waals surface area contributed by atoms with Gasteiger partial charge in [0.25, 0.3) is 0 Å². The highest BCUT2D eigenvalue weighted by molar-refractivity contribution is 8.00. The molecule has 0 aliphatic carbocycles. The molecular formula is C17H31N3O3S. The summed E-state index contributed by atoms with van der Waals surface area (Å²) in [7, 11) is 1.73. The third-order valence-corrected chi connectivity index (χ3v) is 6.19. The minimum absolute atomic E-state index is 0.0307. The van der Waals surface area contributed by atoms with Crippen LogP contribution in [0.25, 0.3) is 0 Å².